The molecule has 38 heavy (non-hydrogen) atoms. The van der Waals surface area contributed by atoms with Crippen molar-refractivity contribution in [2.75, 3.05) is 6.54 Å². The second-order valence-electron chi connectivity index (χ2n) is 12.2. The third-order valence-electron chi connectivity index (χ3n) is 9.68. The minimum atomic E-state index is -5.05. The number of nitrogens with zero attached hydrogens (tertiary/aromatic N) is 3. The van der Waals surface area contributed by atoms with Gasteiger partial charge in [-0.2, -0.15) is 13.2 Å². The molecule has 5 fully saturated rings. The molecule has 1 saturated heterocycles. The molecule has 0 spiro atoms. The molecule has 4 bridgehead atoms. The van der Waals surface area contributed by atoms with Gasteiger partial charge in [0.15, 0.2) is 6.17 Å². The number of carbonyl (C=O) groups excluding carboxylic acids is 1. The first kappa shape index (κ1) is 24.0. The van der Waals surface area contributed by atoms with E-state index in [9.17, 15) is 18.0 Å². The van der Waals surface area contributed by atoms with Crippen LogP contribution in [0.3, 0.4) is 0 Å². The van der Waals surface area contributed by atoms with Crippen molar-refractivity contribution < 1.29 is 22.8 Å². The predicted molar refractivity (Wildman–Crippen MR) is 136 cm³/mol. The Morgan fingerprint density at radius 2 is 1.47 bits per heavy atom. The van der Waals surface area contributed by atoms with Crippen molar-refractivity contribution in [3.05, 3.63) is 60.2 Å². The Bertz CT molecular complexity index is 1210. The van der Waals surface area contributed by atoms with Gasteiger partial charge in [-0.05, 0) is 85.8 Å². The third-order valence-corrected chi connectivity index (χ3v) is 9.68. The summed E-state index contributed by atoms with van der Waals surface area (Å²) in [6.07, 6.45) is 2.74. The van der Waals surface area contributed by atoms with Crippen LogP contribution < -0.4 is 0 Å². The Morgan fingerprint density at radius 3 is 2.08 bits per heavy atom. The first-order valence-corrected chi connectivity index (χ1v) is 13.9. The average Bonchev–Trinajstić information content (AvgIpc) is 3.26. The highest BCUT2D eigenvalue weighted by Gasteiger charge is 2.58. The fourth-order valence-electron chi connectivity index (χ4n) is 8.49. The highest BCUT2D eigenvalue weighted by atomic mass is 19.4. The highest BCUT2D eigenvalue weighted by Crippen LogP contribution is 2.62. The largest absolute Gasteiger partial charge is 0.493 e. The number of halogens is 3. The van der Waals surface area contributed by atoms with Crippen molar-refractivity contribution in [1.29, 1.82) is 0 Å². The lowest BCUT2D eigenvalue weighted by molar-refractivity contribution is -0.251. The normalized spacial score (nSPS) is 33.8. The maximum atomic E-state index is 13.1. The summed E-state index contributed by atoms with van der Waals surface area (Å²) in [4.78, 5) is 18.9. The van der Waals surface area contributed by atoms with E-state index in [0.717, 1.165) is 42.3 Å². The summed E-state index contributed by atoms with van der Waals surface area (Å²) in [6, 6.07) is 18.9. The number of hydrogen-bond acceptors (Lipinski definition) is 5. The predicted octanol–water partition coefficient (Wildman–Crippen LogP) is 6.73. The molecule has 2 aromatic rings. The molecular weight excluding hydrogens is 491 g/mol. The fourth-order valence-corrected chi connectivity index (χ4v) is 8.49. The van der Waals surface area contributed by atoms with Crippen LogP contribution in [0.1, 0.15) is 62.8 Å². The molecule has 2 atom stereocenters. The molecule has 0 radical (unpaired) electrons. The summed E-state index contributed by atoms with van der Waals surface area (Å²) in [6.45, 7) is 0.663. The van der Waals surface area contributed by atoms with Gasteiger partial charge in [-0.3, -0.25) is 0 Å². The molecule has 2 unspecified atom stereocenters. The van der Waals surface area contributed by atoms with Crippen LogP contribution in [0, 0.1) is 23.2 Å². The van der Waals surface area contributed by atoms with Crippen molar-refractivity contribution in [3.63, 3.8) is 0 Å². The maximum Gasteiger partial charge on any atom is 0.493 e. The van der Waals surface area contributed by atoms with Gasteiger partial charge in [0.05, 0.1) is 0 Å². The molecule has 200 valence electrons. The van der Waals surface area contributed by atoms with E-state index < -0.39 is 18.3 Å². The second-order valence-corrected chi connectivity index (χ2v) is 12.2. The van der Waals surface area contributed by atoms with E-state index in [0.29, 0.717) is 30.7 Å². The summed E-state index contributed by atoms with van der Waals surface area (Å²) < 4.78 is 39.3. The Hall–Kier alpha value is -3.03. The molecule has 4 aliphatic carbocycles. The van der Waals surface area contributed by atoms with Crippen LogP contribution in [0.2, 0.25) is 0 Å². The van der Waals surface area contributed by atoms with Crippen molar-refractivity contribution in [1.82, 2.24) is 10.1 Å². The molecule has 0 aromatic heterocycles. The lowest BCUT2D eigenvalue weighted by Crippen LogP contribution is -2.57. The SMILES string of the molecule is O=C(ON1N=C(C23CC4CC(CC(C4)C2)C3)N2CC(c3ccc(-c4ccccc4)cc3)CCC12)C(F)(F)F. The molecule has 8 rings (SSSR count). The van der Waals surface area contributed by atoms with Crippen LogP contribution in [-0.2, 0) is 9.63 Å². The monoisotopic (exact) mass is 523 g/mol. The standard InChI is InChI=1S/C30H32F3N3O2/c31-30(32,33)28(37)38-36-26-11-10-25(24-8-6-23(7-9-24)22-4-2-1-3-5-22)18-35(26)27(34-36)29-15-19-12-20(16-29)14-21(13-19)17-29/h1-9,19-21,25-26H,10-18H2. The number of amidine groups is 1. The van der Waals surface area contributed by atoms with Crippen LogP contribution in [0.15, 0.2) is 59.7 Å². The number of carbonyl (C=O) groups is 1. The minimum Gasteiger partial charge on any atom is -0.333 e. The van der Waals surface area contributed by atoms with Gasteiger partial charge >= 0.3 is 12.1 Å². The molecule has 2 aliphatic heterocycles. The van der Waals surface area contributed by atoms with Gasteiger partial charge in [-0.25, -0.2) is 4.79 Å². The molecule has 0 amide bonds. The number of hydrazone groups is 1. The van der Waals surface area contributed by atoms with Gasteiger partial charge < -0.3 is 9.74 Å². The Labute approximate surface area is 220 Å². The van der Waals surface area contributed by atoms with E-state index in [1.54, 1.807) is 0 Å². The summed E-state index contributed by atoms with van der Waals surface area (Å²) >= 11 is 0. The third kappa shape index (κ3) is 4.07. The van der Waals surface area contributed by atoms with Crippen molar-refractivity contribution in [2.45, 2.75) is 69.6 Å². The quantitative estimate of drug-likeness (QED) is 0.446. The Balaban J connectivity index is 1.17. The van der Waals surface area contributed by atoms with Crippen LogP contribution >= 0.6 is 0 Å². The van der Waals surface area contributed by atoms with Gasteiger partial charge in [0.25, 0.3) is 0 Å². The van der Waals surface area contributed by atoms with E-state index in [1.165, 1.54) is 30.4 Å². The van der Waals surface area contributed by atoms with Gasteiger partial charge in [-0.15, -0.1) is 5.10 Å². The smallest absolute Gasteiger partial charge is 0.333 e. The number of benzene rings is 2. The topological polar surface area (TPSA) is 45.1 Å². The van der Waals surface area contributed by atoms with Crippen molar-refractivity contribution in [2.24, 2.45) is 28.3 Å². The lowest BCUT2D eigenvalue weighted by Gasteiger charge is -2.57. The molecule has 5 nitrogen and oxygen atoms in total. The zero-order chi connectivity index (χ0) is 26.1. The number of hydrogen-bond donors (Lipinski definition) is 0. The van der Waals surface area contributed by atoms with Crippen LogP contribution in [0.4, 0.5) is 13.2 Å². The molecule has 6 aliphatic rings. The number of hydroxylamine groups is 1. The number of fused-ring (bicyclic) bond motifs is 1. The van der Waals surface area contributed by atoms with Gasteiger partial charge in [-0.1, -0.05) is 59.8 Å². The van der Waals surface area contributed by atoms with Crippen LogP contribution in [0.5, 0.6) is 0 Å². The summed E-state index contributed by atoms with van der Waals surface area (Å²) in [5.74, 6) is 0.892. The van der Waals surface area contributed by atoms with E-state index in [1.807, 2.05) is 18.2 Å². The summed E-state index contributed by atoms with van der Waals surface area (Å²) in [5, 5.41) is 5.68. The van der Waals surface area contributed by atoms with Crippen molar-refractivity contribution in [3.8, 4) is 11.1 Å². The molecule has 4 saturated carbocycles. The molecule has 0 N–H and O–H groups in total. The molecule has 8 heteroatoms. The van der Waals surface area contributed by atoms with E-state index >= 15 is 0 Å². The first-order valence-electron chi connectivity index (χ1n) is 13.9. The van der Waals surface area contributed by atoms with Gasteiger partial charge in [0.2, 0.25) is 0 Å². The van der Waals surface area contributed by atoms with E-state index in [-0.39, 0.29) is 11.3 Å². The maximum absolute atomic E-state index is 13.1. The minimum absolute atomic E-state index is 0.120. The highest BCUT2D eigenvalue weighted by molar-refractivity contribution is 5.90. The molecule has 2 aromatic carbocycles. The zero-order valence-electron chi connectivity index (χ0n) is 21.2. The number of alkyl halides is 3. The Morgan fingerprint density at radius 1 is 0.868 bits per heavy atom. The summed E-state index contributed by atoms with van der Waals surface area (Å²) in [5.41, 5.74) is 3.43. The molecule has 2 heterocycles. The van der Waals surface area contributed by atoms with E-state index in [4.69, 9.17) is 9.94 Å². The van der Waals surface area contributed by atoms with Crippen LogP contribution in [-0.4, -0.2) is 40.8 Å². The van der Waals surface area contributed by atoms with Gasteiger partial charge in [0, 0.05) is 17.9 Å². The zero-order valence-corrected chi connectivity index (χ0v) is 21.2. The second kappa shape index (κ2) is 8.75. The fraction of sp³-hybridized carbons (Fsp3) is 0.533. The van der Waals surface area contributed by atoms with Gasteiger partial charge in [0.1, 0.15) is 5.84 Å². The lowest BCUT2D eigenvalue weighted by atomic mass is 9.49. The first-order chi connectivity index (χ1) is 18.3. The average molecular weight is 524 g/mol. The summed E-state index contributed by atoms with van der Waals surface area (Å²) in [7, 11) is 0. The van der Waals surface area contributed by atoms with E-state index in [2.05, 4.69) is 41.3 Å². The van der Waals surface area contributed by atoms with Crippen LogP contribution in [0.25, 0.3) is 11.1 Å². The number of rotatable bonds is 4. The molecular formula is C30H32F3N3O2. The van der Waals surface area contributed by atoms with Crippen molar-refractivity contribution >= 4 is 11.8 Å². The number of piperidine rings is 1. The Kier molecular flexibility index (Phi) is 5.53.